The Morgan fingerprint density at radius 2 is 1.96 bits per heavy atom. The van der Waals surface area contributed by atoms with Gasteiger partial charge < -0.3 is 10.4 Å². The Bertz CT molecular complexity index is 926. The van der Waals surface area contributed by atoms with E-state index in [2.05, 4.69) is 10.3 Å². The number of nitrogens with one attached hydrogen (secondary N) is 1. The molecule has 1 unspecified atom stereocenters. The van der Waals surface area contributed by atoms with Gasteiger partial charge >= 0.3 is 5.97 Å². The Kier molecular flexibility index (Phi) is 4.65. The van der Waals surface area contributed by atoms with Crippen LogP contribution in [0.15, 0.2) is 48.5 Å². The average molecular weight is 338 g/mol. The number of nitrogens with zero attached hydrogens (tertiary/aromatic N) is 1. The second-order valence-electron chi connectivity index (χ2n) is 6.06. The fourth-order valence-electron chi connectivity index (χ4n) is 2.97. The maximum Gasteiger partial charge on any atom is 0.307 e. The summed E-state index contributed by atoms with van der Waals surface area (Å²) in [5, 5.41) is 13.2. The van der Waals surface area contributed by atoms with E-state index in [-0.39, 0.29) is 18.3 Å². The van der Waals surface area contributed by atoms with Crippen LogP contribution in [0.2, 0.25) is 0 Å². The molecule has 1 aromatic heterocycles. The Morgan fingerprint density at radius 3 is 2.64 bits per heavy atom. The van der Waals surface area contributed by atoms with Crippen LogP contribution in [0.5, 0.6) is 0 Å². The van der Waals surface area contributed by atoms with Crippen LogP contribution in [-0.2, 0) is 11.2 Å². The Labute approximate surface area is 145 Å². The highest BCUT2D eigenvalue weighted by Crippen LogP contribution is 2.32. The summed E-state index contributed by atoms with van der Waals surface area (Å²) in [6.07, 6.45) is -0.171. The topological polar surface area (TPSA) is 62.2 Å². The van der Waals surface area contributed by atoms with Crippen molar-refractivity contribution >= 4 is 22.6 Å². The number of hydrogen-bond donors (Lipinski definition) is 2. The summed E-state index contributed by atoms with van der Waals surface area (Å²) in [6, 6.07) is 14.1. The van der Waals surface area contributed by atoms with Crippen molar-refractivity contribution in [2.24, 2.45) is 0 Å². The number of pyridine rings is 1. The summed E-state index contributed by atoms with van der Waals surface area (Å²) in [5.41, 5.74) is 3.52. The van der Waals surface area contributed by atoms with E-state index in [0.29, 0.717) is 27.8 Å². The zero-order valence-corrected chi connectivity index (χ0v) is 14.1. The lowest BCUT2D eigenvalue weighted by Gasteiger charge is -2.21. The number of hydrogen-bond acceptors (Lipinski definition) is 3. The standard InChI is InChI=1S/C20H19FN2O2/c1-12(14-6-4-3-5-7-14)23-20-16(11-19(24)25)13(2)22-18-9-8-15(21)10-17(18)20/h3-10,12H,11H2,1-2H3,(H,22,23)(H,24,25). The first-order valence-corrected chi connectivity index (χ1v) is 8.07. The zero-order chi connectivity index (χ0) is 18.0. The van der Waals surface area contributed by atoms with E-state index >= 15 is 0 Å². The molecule has 3 aromatic rings. The van der Waals surface area contributed by atoms with Crippen LogP contribution >= 0.6 is 0 Å². The number of halogens is 1. The molecule has 1 atom stereocenters. The molecule has 0 aliphatic heterocycles. The molecule has 5 heteroatoms. The van der Waals surface area contributed by atoms with E-state index in [1.54, 1.807) is 13.0 Å². The molecule has 0 fully saturated rings. The van der Waals surface area contributed by atoms with E-state index in [1.165, 1.54) is 12.1 Å². The molecule has 25 heavy (non-hydrogen) atoms. The maximum atomic E-state index is 13.8. The molecule has 0 spiro atoms. The highest BCUT2D eigenvalue weighted by Gasteiger charge is 2.18. The van der Waals surface area contributed by atoms with Crippen molar-refractivity contribution in [1.29, 1.82) is 0 Å². The van der Waals surface area contributed by atoms with Crippen LogP contribution in [0.3, 0.4) is 0 Å². The minimum Gasteiger partial charge on any atom is -0.481 e. The van der Waals surface area contributed by atoms with E-state index in [4.69, 9.17) is 0 Å². The first-order valence-electron chi connectivity index (χ1n) is 8.07. The largest absolute Gasteiger partial charge is 0.481 e. The van der Waals surface area contributed by atoms with Crippen molar-refractivity contribution < 1.29 is 14.3 Å². The summed E-state index contributed by atoms with van der Waals surface area (Å²) >= 11 is 0. The van der Waals surface area contributed by atoms with Gasteiger partial charge in [-0.25, -0.2) is 4.39 Å². The van der Waals surface area contributed by atoms with Crippen LogP contribution in [0.4, 0.5) is 10.1 Å². The van der Waals surface area contributed by atoms with Gasteiger partial charge in [-0.3, -0.25) is 9.78 Å². The zero-order valence-electron chi connectivity index (χ0n) is 14.1. The number of fused-ring (bicyclic) bond motifs is 1. The molecule has 3 rings (SSSR count). The molecule has 0 saturated heterocycles. The molecule has 0 radical (unpaired) electrons. The Balaban J connectivity index is 2.15. The number of carboxylic acid groups (broad SMARTS) is 1. The summed E-state index contributed by atoms with van der Waals surface area (Å²) in [4.78, 5) is 15.7. The van der Waals surface area contributed by atoms with E-state index in [9.17, 15) is 14.3 Å². The normalized spacial score (nSPS) is 12.1. The molecule has 0 saturated carbocycles. The molecule has 0 amide bonds. The molecular formula is C20H19FN2O2. The van der Waals surface area contributed by atoms with E-state index < -0.39 is 5.97 Å². The van der Waals surface area contributed by atoms with Crippen molar-refractivity contribution in [3.05, 3.63) is 71.2 Å². The fourth-order valence-corrected chi connectivity index (χ4v) is 2.97. The summed E-state index contributed by atoms with van der Waals surface area (Å²) in [6.45, 7) is 3.76. The van der Waals surface area contributed by atoms with Crippen molar-refractivity contribution in [2.75, 3.05) is 5.32 Å². The number of rotatable bonds is 5. The number of aromatic nitrogens is 1. The number of aryl methyl sites for hydroxylation is 1. The lowest BCUT2D eigenvalue weighted by Crippen LogP contribution is -2.13. The molecule has 0 aliphatic carbocycles. The lowest BCUT2D eigenvalue weighted by atomic mass is 10.0. The minimum absolute atomic E-state index is 0.0676. The minimum atomic E-state index is -0.948. The number of anilines is 1. The number of aliphatic carboxylic acids is 1. The molecular weight excluding hydrogens is 319 g/mol. The Hall–Kier alpha value is -2.95. The van der Waals surface area contributed by atoms with Gasteiger partial charge in [-0.2, -0.15) is 0 Å². The highest BCUT2D eigenvalue weighted by molar-refractivity contribution is 5.95. The molecule has 0 bridgehead atoms. The van der Waals surface area contributed by atoms with Gasteiger partial charge in [-0.1, -0.05) is 30.3 Å². The smallest absolute Gasteiger partial charge is 0.307 e. The SMILES string of the molecule is Cc1nc2ccc(F)cc2c(NC(C)c2ccccc2)c1CC(=O)O. The van der Waals surface area contributed by atoms with Gasteiger partial charge in [-0.05, 0) is 37.6 Å². The first-order chi connectivity index (χ1) is 12.0. The van der Waals surface area contributed by atoms with Crippen LogP contribution in [0.25, 0.3) is 10.9 Å². The molecule has 128 valence electrons. The number of benzene rings is 2. The van der Waals surface area contributed by atoms with Crippen LogP contribution in [0, 0.1) is 12.7 Å². The van der Waals surface area contributed by atoms with Crippen molar-refractivity contribution in [3.63, 3.8) is 0 Å². The Morgan fingerprint density at radius 1 is 1.24 bits per heavy atom. The van der Waals surface area contributed by atoms with Crippen molar-refractivity contribution in [3.8, 4) is 0 Å². The average Bonchev–Trinajstić information content (AvgIpc) is 2.59. The van der Waals surface area contributed by atoms with E-state index in [1.807, 2.05) is 37.3 Å². The second kappa shape index (κ2) is 6.89. The van der Waals surface area contributed by atoms with Gasteiger partial charge in [-0.15, -0.1) is 0 Å². The molecule has 2 N–H and O–H groups in total. The van der Waals surface area contributed by atoms with Gasteiger partial charge in [0.1, 0.15) is 5.82 Å². The monoisotopic (exact) mass is 338 g/mol. The fraction of sp³-hybridized carbons (Fsp3) is 0.200. The first kappa shape index (κ1) is 16.9. The van der Waals surface area contributed by atoms with Crippen molar-refractivity contribution in [2.45, 2.75) is 26.3 Å². The maximum absolute atomic E-state index is 13.8. The van der Waals surface area contributed by atoms with Gasteiger partial charge in [0.2, 0.25) is 0 Å². The molecule has 4 nitrogen and oxygen atoms in total. The number of carbonyl (C=O) groups is 1. The molecule has 1 heterocycles. The molecule has 0 aliphatic rings. The predicted octanol–water partition coefficient (Wildman–Crippen LogP) is 4.48. The summed E-state index contributed by atoms with van der Waals surface area (Å²) < 4.78 is 13.8. The second-order valence-corrected chi connectivity index (χ2v) is 6.06. The summed E-state index contributed by atoms with van der Waals surface area (Å²) in [7, 11) is 0. The van der Waals surface area contributed by atoms with E-state index in [0.717, 1.165) is 5.56 Å². The lowest BCUT2D eigenvalue weighted by molar-refractivity contribution is -0.136. The van der Waals surface area contributed by atoms with Crippen LogP contribution in [0.1, 0.15) is 29.8 Å². The highest BCUT2D eigenvalue weighted by atomic mass is 19.1. The van der Waals surface area contributed by atoms with Gasteiger partial charge in [0.05, 0.1) is 11.9 Å². The quantitative estimate of drug-likeness (QED) is 0.720. The van der Waals surface area contributed by atoms with Crippen LogP contribution in [-0.4, -0.2) is 16.1 Å². The molecule has 2 aromatic carbocycles. The predicted molar refractivity (Wildman–Crippen MR) is 96.3 cm³/mol. The van der Waals surface area contributed by atoms with Gasteiger partial charge in [0.15, 0.2) is 0 Å². The third-order valence-corrected chi connectivity index (χ3v) is 4.24. The van der Waals surface area contributed by atoms with Gasteiger partial charge in [0, 0.05) is 28.4 Å². The third-order valence-electron chi connectivity index (χ3n) is 4.24. The summed E-state index contributed by atoms with van der Waals surface area (Å²) in [5.74, 6) is -1.33. The third kappa shape index (κ3) is 3.60. The van der Waals surface area contributed by atoms with Crippen molar-refractivity contribution in [1.82, 2.24) is 4.98 Å². The number of carboxylic acids is 1. The van der Waals surface area contributed by atoms with Gasteiger partial charge in [0.25, 0.3) is 0 Å². The van der Waals surface area contributed by atoms with Crippen LogP contribution < -0.4 is 5.32 Å².